The lowest BCUT2D eigenvalue weighted by Gasteiger charge is -2.34. The van der Waals surface area contributed by atoms with Crippen molar-refractivity contribution in [2.45, 2.75) is 20.4 Å². The lowest BCUT2D eigenvalue weighted by atomic mass is 10.2. The molecular weight excluding hydrogens is 316 g/mol. The van der Waals surface area contributed by atoms with Crippen LogP contribution in [0.1, 0.15) is 28.7 Å². The molecule has 7 nitrogen and oxygen atoms in total. The van der Waals surface area contributed by atoms with Gasteiger partial charge in [-0.2, -0.15) is 5.10 Å². The number of aromatic nitrogens is 3. The van der Waals surface area contributed by atoms with Crippen molar-refractivity contribution in [2.75, 3.05) is 37.6 Å². The quantitative estimate of drug-likeness (QED) is 0.884. The first-order chi connectivity index (χ1) is 12.1. The van der Waals surface area contributed by atoms with Crippen LogP contribution in [0.4, 0.5) is 5.82 Å². The number of carbonyl (C=O) groups excluding carboxylic acids is 1. The van der Waals surface area contributed by atoms with Crippen LogP contribution >= 0.6 is 0 Å². The van der Waals surface area contributed by atoms with Crippen molar-refractivity contribution in [3.05, 3.63) is 41.3 Å². The molecule has 1 amide bonds. The van der Waals surface area contributed by atoms with Gasteiger partial charge in [0.15, 0.2) is 0 Å². The van der Waals surface area contributed by atoms with Crippen LogP contribution in [0.2, 0.25) is 0 Å². The van der Waals surface area contributed by atoms with Crippen LogP contribution in [0.25, 0.3) is 0 Å². The van der Waals surface area contributed by atoms with Crippen LogP contribution in [0.15, 0.2) is 24.4 Å². The summed E-state index contributed by atoms with van der Waals surface area (Å²) in [6.07, 6.45) is 1.84. The number of aryl methyl sites for hydroxylation is 2. The molecule has 3 heterocycles. The average molecular weight is 342 g/mol. The number of anilines is 1. The van der Waals surface area contributed by atoms with Crippen molar-refractivity contribution in [3.63, 3.8) is 0 Å². The minimum Gasteiger partial charge on any atom is -0.354 e. The lowest BCUT2D eigenvalue weighted by molar-refractivity contribution is 0.0941. The van der Waals surface area contributed by atoms with Crippen molar-refractivity contribution in [1.82, 2.24) is 25.0 Å². The molecule has 1 saturated heterocycles. The second kappa shape index (κ2) is 7.65. The maximum atomic E-state index is 12.2. The van der Waals surface area contributed by atoms with E-state index in [-0.39, 0.29) is 5.91 Å². The second-order valence-electron chi connectivity index (χ2n) is 6.42. The van der Waals surface area contributed by atoms with E-state index in [0.717, 1.165) is 49.8 Å². The Morgan fingerprint density at radius 1 is 1.24 bits per heavy atom. The fourth-order valence-corrected chi connectivity index (χ4v) is 3.10. The molecule has 0 bridgehead atoms. The van der Waals surface area contributed by atoms with Gasteiger partial charge in [-0.25, -0.2) is 4.98 Å². The molecule has 0 atom stereocenters. The van der Waals surface area contributed by atoms with E-state index in [0.29, 0.717) is 12.2 Å². The second-order valence-corrected chi connectivity index (χ2v) is 6.42. The normalized spacial score (nSPS) is 15.4. The van der Waals surface area contributed by atoms with Crippen LogP contribution in [0.5, 0.6) is 0 Å². The third-order valence-electron chi connectivity index (χ3n) is 4.64. The van der Waals surface area contributed by atoms with E-state index >= 15 is 0 Å². The predicted octanol–water partition coefficient (Wildman–Crippen LogP) is 1.20. The van der Waals surface area contributed by atoms with Crippen LogP contribution in [0.3, 0.4) is 0 Å². The van der Waals surface area contributed by atoms with Gasteiger partial charge in [-0.1, -0.05) is 13.0 Å². The Morgan fingerprint density at radius 2 is 2.00 bits per heavy atom. The topological polar surface area (TPSA) is 66.3 Å². The van der Waals surface area contributed by atoms with Crippen molar-refractivity contribution >= 4 is 11.7 Å². The number of piperazine rings is 1. The molecule has 7 heteroatoms. The minimum absolute atomic E-state index is 0.122. The first kappa shape index (κ1) is 17.4. The first-order valence-corrected chi connectivity index (χ1v) is 8.78. The Morgan fingerprint density at radius 3 is 2.56 bits per heavy atom. The molecule has 0 saturated carbocycles. The summed E-state index contributed by atoms with van der Waals surface area (Å²) in [6.45, 7) is 9.83. The van der Waals surface area contributed by atoms with Crippen LogP contribution in [-0.4, -0.2) is 58.3 Å². The maximum Gasteiger partial charge on any atom is 0.269 e. The molecule has 2 aromatic rings. The van der Waals surface area contributed by atoms with Crippen molar-refractivity contribution < 1.29 is 4.79 Å². The summed E-state index contributed by atoms with van der Waals surface area (Å²) >= 11 is 0. The van der Waals surface area contributed by atoms with E-state index in [2.05, 4.69) is 32.1 Å². The summed E-state index contributed by atoms with van der Waals surface area (Å²) in [5.41, 5.74) is 2.39. The molecule has 1 N–H and O–H groups in total. The molecule has 2 aromatic heterocycles. The van der Waals surface area contributed by atoms with Gasteiger partial charge in [0.2, 0.25) is 0 Å². The third kappa shape index (κ3) is 4.17. The number of pyridine rings is 1. The number of hydrogen-bond donors (Lipinski definition) is 1. The number of rotatable bonds is 5. The van der Waals surface area contributed by atoms with E-state index in [1.165, 1.54) is 0 Å². The largest absolute Gasteiger partial charge is 0.354 e. The fourth-order valence-electron chi connectivity index (χ4n) is 3.10. The van der Waals surface area contributed by atoms with Crippen molar-refractivity contribution in [2.24, 2.45) is 7.05 Å². The van der Waals surface area contributed by atoms with Gasteiger partial charge in [-0.3, -0.25) is 9.48 Å². The summed E-state index contributed by atoms with van der Waals surface area (Å²) in [7, 11) is 1.77. The molecule has 1 fully saturated rings. The highest BCUT2D eigenvalue weighted by atomic mass is 16.2. The summed E-state index contributed by atoms with van der Waals surface area (Å²) in [5, 5.41) is 7.12. The van der Waals surface area contributed by atoms with Crippen molar-refractivity contribution in [3.8, 4) is 0 Å². The standard InChI is InChI=1S/C18H26N6O/c1-4-23-7-9-24(10-8-23)17-6-5-15(12-19-17)13-20-18(25)16-11-14(2)21-22(16)3/h5-6,11-12H,4,7-10,13H2,1-3H3,(H,20,25). The number of amides is 1. The summed E-state index contributed by atoms with van der Waals surface area (Å²) in [5.74, 6) is 0.885. The Bertz CT molecular complexity index is 716. The van der Waals surface area contributed by atoms with E-state index < -0.39 is 0 Å². The van der Waals surface area contributed by atoms with E-state index in [9.17, 15) is 4.79 Å². The number of nitrogens with one attached hydrogen (secondary N) is 1. The SMILES string of the molecule is CCN1CCN(c2ccc(CNC(=O)c3cc(C)nn3C)cn2)CC1. The number of nitrogens with zero attached hydrogens (tertiary/aromatic N) is 5. The predicted molar refractivity (Wildman–Crippen MR) is 97.7 cm³/mol. The van der Waals surface area contributed by atoms with Crippen molar-refractivity contribution in [1.29, 1.82) is 0 Å². The smallest absolute Gasteiger partial charge is 0.269 e. The summed E-state index contributed by atoms with van der Waals surface area (Å²) < 4.78 is 1.60. The Hall–Kier alpha value is -2.41. The summed E-state index contributed by atoms with van der Waals surface area (Å²) in [4.78, 5) is 21.5. The molecule has 0 aromatic carbocycles. The number of likely N-dealkylation sites (N-methyl/N-ethyl adjacent to an activating group) is 1. The van der Waals surface area contributed by atoms with Gasteiger partial charge in [-0.15, -0.1) is 0 Å². The maximum absolute atomic E-state index is 12.2. The highest BCUT2D eigenvalue weighted by molar-refractivity contribution is 5.92. The Labute approximate surface area is 148 Å². The zero-order valence-corrected chi connectivity index (χ0v) is 15.2. The molecule has 134 valence electrons. The van der Waals surface area contributed by atoms with Crippen LogP contribution < -0.4 is 10.2 Å². The van der Waals surface area contributed by atoms with E-state index in [1.54, 1.807) is 17.8 Å². The fraction of sp³-hybridized carbons (Fsp3) is 0.500. The van der Waals surface area contributed by atoms with Crippen LogP contribution in [-0.2, 0) is 13.6 Å². The molecule has 25 heavy (non-hydrogen) atoms. The molecule has 1 aliphatic heterocycles. The molecule has 0 unspecified atom stereocenters. The van der Waals surface area contributed by atoms with Gasteiger partial charge in [0.1, 0.15) is 11.5 Å². The van der Waals surface area contributed by atoms with Gasteiger partial charge >= 0.3 is 0 Å². The van der Waals surface area contributed by atoms with Crippen LogP contribution in [0, 0.1) is 6.92 Å². The third-order valence-corrected chi connectivity index (χ3v) is 4.64. The highest BCUT2D eigenvalue weighted by Crippen LogP contribution is 2.14. The molecule has 1 aliphatic rings. The zero-order chi connectivity index (χ0) is 17.8. The van der Waals surface area contributed by atoms with Gasteiger partial charge in [0.05, 0.1) is 5.69 Å². The summed E-state index contributed by atoms with van der Waals surface area (Å²) in [6, 6.07) is 5.85. The number of hydrogen-bond acceptors (Lipinski definition) is 5. The monoisotopic (exact) mass is 342 g/mol. The molecule has 3 rings (SSSR count). The minimum atomic E-state index is -0.122. The van der Waals surface area contributed by atoms with Gasteiger partial charge in [0.25, 0.3) is 5.91 Å². The average Bonchev–Trinajstić information content (AvgIpc) is 2.98. The first-order valence-electron chi connectivity index (χ1n) is 8.78. The lowest BCUT2D eigenvalue weighted by Crippen LogP contribution is -2.46. The van der Waals surface area contributed by atoms with Gasteiger partial charge in [-0.05, 0) is 31.2 Å². The molecule has 0 aliphatic carbocycles. The van der Waals surface area contributed by atoms with E-state index in [1.807, 2.05) is 25.3 Å². The number of carbonyl (C=O) groups is 1. The highest BCUT2D eigenvalue weighted by Gasteiger charge is 2.16. The Kier molecular flexibility index (Phi) is 5.33. The molecule has 0 radical (unpaired) electrons. The van der Waals surface area contributed by atoms with Gasteiger partial charge in [0, 0.05) is 46.0 Å². The Balaban J connectivity index is 1.54. The van der Waals surface area contributed by atoms with Gasteiger partial charge < -0.3 is 15.1 Å². The van der Waals surface area contributed by atoms with E-state index in [4.69, 9.17) is 0 Å². The molecule has 0 spiro atoms. The molecular formula is C18H26N6O. The zero-order valence-electron chi connectivity index (χ0n) is 15.2.